The number of piperidine rings is 1. The molecule has 1 nitrogen and oxygen atoms in total. The smallest absolute Gasteiger partial charge is 0.0233 e. The summed E-state index contributed by atoms with van der Waals surface area (Å²) < 4.78 is 0. The van der Waals surface area contributed by atoms with Gasteiger partial charge in [0.2, 0.25) is 0 Å². The summed E-state index contributed by atoms with van der Waals surface area (Å²) in [5.41, 5.74) is 4.48. The number of nitrogens with zero attached hydrogens (tertiary/aromatic N) is 1. The van der Waals surface area contributed by atoms with Crippen LogP contribution in [0.15, 0.2) is 66.3 Å². The average Bonchev–Trinajstić information content (AvgIpc) is 2.58. The van der Waals surface area contributed by atoms with Gasteiger partial charge in [0, 0.05) is 6.54 Å². The first kappa shape index (κ1) is 17.7. The molecule has 1 aliphatic heterocycles. The fourth-order valence-corrected chi connectivity index (χ4v) is 3.66. The van der Waals surface area contributed by atoms with Gasteiger partial charge >= 0.3 is 0 Å². The van der Waals surface area contributed by atoms with Crippen molar-refractivity contribution in [2.45, 2.75) is 46.1 Å². The summed E-state index contributed by atoms with van der Waals surface area (Å²) in [6.07, 6.45) is 11.4. The summed E-state index contributed by atoms with van der Waals surface area (Å²) in [5.74, 6) is 0.713. The van der Waals surface area contributed by atoms with Crippen LogP contribution >= 0.6 is 0 Å². The van der Waals surface area contributed by atoms with E-state index in [4.69, 9.17) is 0 Å². The number of hydrogen-bond acceptors (Lipinski definition) is 1. The largest absolute Gasteiger partial charge is 0.299 e. The Labute approximate surface area is 142 Å². The van der Waals surface area contributed by atoms with Gasteiger partial charge in [0.25, 0.3) is 0 Å². The van der Waals surface area contributed by atoms with Crippen molar-refractivity contribution < 1.29 is 0 Å². The van der Waals surface area contributed by atoms with E-state index in [0.29, 0.717) is 5.92 Å². The van der Waals surface area contributed by atoms with Crippen LogP contribution in [0, 0.1) is 5.92 Å². The third kappa shape index (κ3) is 5.21. The van der Waals surface area contributed by atoms with Crippen LogP contribution in [-0.2, 0) is 6.54 Å². The summed E-state index contributed by atoms with van der Waals surface area (Å²) in [7, 11) is 0. The number of hydrogen-bond donors (Lipinski definition) is 0. The summed E-state index contributed by atoms with van der Waals surface area (Å²) in [6, 6.07) is 10.8. The molecule has 0 N–H and O–H groups in total. The topological polar surface area (TPSA) is 3.24 Å². The fraction of sp³-hybridized carbons (Fsp3) is 0.455. The van der Waals surface area contributed by atoms with E-state index in [1.807, 2.05) is 6.08 Å². The third-order valence-electron chi connectivity index (χ3n) is 4.80. The summed E-state index contributed by atoms with van der Waals surface area (Å²) in [6.45, 7) is 11.8. The minimum Gasteiger partial charge on any atom is -0.299 e. The molecule has 0 aliphatic carbocycles. The Morgan fingerprint density at radius 2 is 1.91 bits per heavy atom. The second-order valence-electron chi connectivity index (χ2n) is 6.46. The first-order valence-corrected chi connectivity index (χ1v) is 9.03. The zero-order chi connectivity index (χ0) is 16.5. The fourth-order valence-electron chi connectivity index (χ4n) is 3.66. The molecule has 2 rings (SSSR count). The van der Waals surface area contributed by atoms with Crippen molar-refractivity contribution in [2.75, 3.05) is 13.1 Å². The average molecular weight is 309 g/mol. The molecule has 1 heteroatoms. The highest BCUT2D eigenvalue weighted by atomic mass is 15.1. The Bertz CT molecular complexity index is 530. The predicted molar refractivity (Wildman–Crippen MR) is 101 cm³/mol. The van der Waals surface area contributed by atoms with Crippen molar-refractivity contribution in [3.8, 4) is 0 Å². The Balaban J connectivity index is 1.94. The Morgan fingerprint density at radius 3 is 2.48 bits per heavy atom. The van der Waals surface area contributed by atoms with Crippen LogP contribution in [0.5, 0.6) is 0 Å². The number of allylic oxidation sites excluding steroid dienone is 5. The van der Waals surface area contributed by atoms with Gasteiger partial charge in [-0.1, -0.05) is 68.5 Å². The molecule has 124 valence electrons. The maximum Gasteiger partial charge on any atom is 0.0233 e. The molecular weight excluding hydrogens is 278 g/mol. The minimum atomic E-state index is 0.713. The van der Waals surface area contributed by atoms with Crippen LogP contribution in [0.3, 0.4) is 0 Å². The van der Waals surface area contributed by atoms with Crippen LogP contribution in [0.25, 0.3) is 0 Å². The van der Waals surface area contributed by atoms with Gasteiger partial charge in [0.05, 0.1) is 0 Å². The monoisotopic (exact) mass is 309 g/mol. The van der Waals surface area contributed by atoms with E-state index < -0.39 is 0 Å². The molecular formula is C22H31N. The first-order chi connectivity index (χ1) is 11.3. The van der Waals surface area contributed by atoms with E-state index in [-0.39, 0.29) is 0 Å². The lowest BCUT2D eigenvalue weighted by molar-refractivity contribution is 0.192. The lowest BCUT2D eigenvalue weighted by atomic mass is 9.83. The SMILES string of the molecule is C=C/C=C(CCC)\C(=C/C)C1CCN(Cc2ccccc2)CC1. The van der Waals surface area contributed by atoms with Gasteiger partial charge in [-0.2, -0.15) is 0 Å². The molecule has 0 amide bonds. The van der Waals surface area contributed by atoms with Gasteiger partial charge in [-0.25, -0.2) is 0 Å². The zero-order valence-corrected chi connectivity index (χ0v) is 14.8. The Morgan fingerprint density at radius 1 is 1.22 bits per heavy atom. The van der Waals surface area contributed by atoms with Gasteiger partial charge < -0.3 is 0 Å². The van der Waals surface area contributed by atoms with Gasteiger partial charge in [-0.05, 0) is 61.9 Å². The normalized spacial score (nSPS) is 18.2. The molecule has 0 atom stereocenters. The molecule has 23 heavy (non-hydrogen) atoms. The lowest BCUT2D eigenvalue weighted by Gasteiger charge is -2.34. The minimum absolute atomic E-state index is 0.713. The standard InChI is InChI=1S/C22H31N/c1-4-10-20(11-5-2)22(6-3)21-14-16-23(17-15-21)18-19-12-8-7-9-13-19/h4,6-10,12-13,21H,1,5,11,14-18H2,2-3H3/b20-10-,22-6+. The maximum atomic E-state index is 3.89. The number of likely N-dealkylation sites (tertiary alicyclic amines) is 1. The van der Waals surface area contributed by atoms with E-state index in [9.17, 15) is 0 Å². The van der Waals surface area contributed by atoms with Crippen molar-refractivity contribution in [1.82, 2.24) is 4.90 Å². The van der Waals surface area contributed by atoms with Crippen LogP contribution in [0.1, 0.15) is 45.1 Å². The molecule has 0 bridgehead atoms. The van der Waals surface area contributed by atoms with Crippen LogP contribution in [0.4, 0.5) is 0 Å². The number of rotatable bonds is 7. The van der Waals surface area contributed by atoms with Crippen molar-refractivity contribution in [2.24, 2.45) is 5.92 Å². The molecule has 0 radical (unpaired) electrons. The molecule has 1 aromatic carbocycles. The highest BCUT2D eigenvalue weighted by Gasteiger charge is 2.23. The van der Waals surface area contributed by atoms with E-state index in [2.05, 4.69) is 67.8 Å². The van der Waals surface area contributed by atoms with Crippen LogP contribution < -0.4 is 0 Å². The highest BCUT2D eigenvalue weighted by molar-refractivity contribution is 5.35. The Kier molecular flexibility index (Phi) is 7.35. The second-order valence-corrected chi connectivity index (χ2v) is 6.46. The van der Waals surface area contributed by atoms with Gasteiger partial charge in [0.1, 0.15) is 0 Å². The molecule has 0 spiro atoms. The van der Waals surface area contributed by atoms with Crippen molar-refractivity contribution in [3.05, 3.63) is 71.8 Å². The molecule has 1 aliphatic rings. The van der Waals surface area contributed by atoms with Gasteiger partial charge in [-0.3, -0.25) is 4.90 Å². The van der Waals surface area contributed by atoms with Crippen molar-refractivity contribution in [3.63, 3.8) is 0 Å². The van der Waals surface area contributed by atoms with Gasteiger partial charge in [0.15, 0.2) is 0 Å². The van der Waals surface area contributed by atoms with E-state index in [1.165, 1.54) is 43.5 Å². The molecule has 1 saturated heterocycles. The van der Waals surface area contributed by atoms with Crippen molar-refractivity contribution in [1.29, 1.82) is 0 Å². The van der Waals surface area contributed by atoms with Gasteiger partial charge in [-0.15, -0.1) is 0 Å². The predicted octanol–water partition coefficient (Wildman–Crippen LogP) is 5.76. The summed E-state index contributed by atoms with van der Waals surface area (Å²) in [5, 5.41) is 0. The molecule has 1 aromatic rings. The van der Waals surface area contributed by atoms with E-state index >= 15 is 0 Å². The quantitative estimate of drug-likeness (QED) is 0.579. The Hall–Kier alpha value is -1.60. The number of benzene rings is 1. The molecule has 0 saturated carbocycles. The van der Waals surface area contributed by atoms with Crippen molar-refractivity contribution >= 4 is 0 Å². The third-order valence-corrected chi connectivity index (χ3v) is 4.80. The highest BCUT2D eigenvalue weighted by Crippen LogP contribution is 2.32. The zero-order valence-electron chi connectivity index (χ0n) is 14.8. The van der Waals surface area contributed by atoms with Crippen LogP contribution in [-0.4, -0.2) is 18.0 Å². The molecule has 1 heterocycles. The van der Waals surface area contributed by atoms with E-state index in [0.717, 1.165) is 13.0 Å². The van der Waals surface area contributed by atoms with Crippen LogP contribution in [0.2, 0.25) is 0 Å². The maximum absolute atomic E-state index is 3.89. The summed E-state index contributed by atoms with van der Waals surface area (Å²) in [4.78, 5) is 2.59. The molecule has 0 unspecified atom stereocenters. The first-order valence-electron chi connectivity index (χ1n) is 9.03. The van der Waals surface area contributed by atoms with E-state index in [1.54, 1.807) is 5.57 Å². The lowest BCUT2D eigenvalue weighted by Crippen LogP contribution is -2.34. The second kappa shape index (κ2) is 9.52. The summed E-state index contributed by atoms with van der Waals surface area (Å²) >= 11 is 0. The molecule has 1 fully saturated rings. The molecule has 0 aromatic heterocycles.